The van der Waals surface area contributed by atoms with Crippen molar-refractivity contribution in [2.75, 3.05) is 26.2 Å². The maximum atomic E-state index is 12.7. The highest BCUT2D eigenvalue weighted by molar-refractivity contribution is 5.84. The highest BCUT2D eigenvalue weighted by Crippen LogP contribution is 2.27. The van der Waals surface area contributed by atoms with Crippen molar-refractivity contribution >= 4 is 5.91 Å². The Balaban J connectivity index is 1.70. The van der Waals surface area contributed by atoms with Crippen molar-refractivity contribution in [3.8, 4) is 0 Å². The zero-order chi connectivity index (χ0) is 13.8. The van der Waals surface area contributed by atoms with Gasteiger partial charge in [-0.3, -0.25) is 9.48 Å². The van der Waals surface area contributed by atoms with Gasteiger partial charge in [-0.15, -0.1) is 0 Å². The molecule has 1 amide bonds. The Bertz CT molecular complexity index is 434. The standard InChI is InChI=1S/C14H22N4O2/c19-13(16-11-12-3-1-10-20-12)14(4-7-15-8-5-14)18-9-2-6-17-18/h2,6,9,12,15H,1,3-5,7-8,10-11H2,(H,16,19). The molecule has 0 bridgehead atoms. The second-order valence-electron chi connectivity index (χ2n) is 5.58. The summed E-state index contributed by atoms with van der Waals surface area (Å²) in [6, 6.07) is 1.87. The normalized spacial score (nSPS) is 25.5. The van der Waals surface area contributed by atoms with Gasteiger partial charge in [-0.05, 0) is 44.8 Å². The maximum Gasteiger partial charge on any atom is 0.248 e. The van der Waals surface area contributed by atoms with E-state index in [0.717, 1.165) is 45.4 Å². The van der Waals surface area contributed by atoms with Gasteiger partial charge in [-0.2, -0.15) is 5.10 Å². The number of nitrogens with zero attached hydrogens (tertiary/aromatic N) is 2. The summed E-state index contributed by atoms with van der Waals surface area (Å²) in [4.78, 5) is 12.7. The number of aromatic nitrogens is 2. The molecule has 2 aliphatic heterocycles. The largest absolute Gasteiger partial charge is 0.376 e. The fourth-order valence-corrected chi connectivity index (χ4v) is 3.10. The lowest BCUT2D eigenvalue weighted by Crippen LogP contribution is -2.55. The molecule has 0 aliphatic carbocycles. The monoisotopic (exact) mass is 278 g/mol. The van der Waals surface area contributed by atoms with E-state index in [0.29, 0.717) is 6.54 Å². The minimum atomic E-state index is -0.548. The summed E-state index contributed by atoms with van der Waals surface area (Å²) in [5.41, 5.74) is -0.548. The second kappa shape index (κ2) is 5.93. The van der Waals surface area contributed by atoms with Crippen LogP contribution in [0, 0.1) is 0 Å². The molecular weight excluding hydrogens is 256 g/mol. The van der Waals surface area contributed by atoms with Gasteiger partial charge in [0.05, 0.1) is 6.10 Å². The summed E-state index contributed by atoms with van der Waals surface area (Å²) in [7, 11) is 0. The first-order chi connectivity index (χ1) is 9.81. The van der Waals surface area contributed by atoms with Gasteiger partial charge < -0.3 is 15.4 Å². The van der Waals surface area contributed by atoms with Gasteiger partial charge in [0.25, 0.3) is 0 Å². The molecule has 6 heteroatoms. The smallest absolute Gasteiger partial charge is 0.248 e. The molecule has 3 rings (SSSR count). The Labute approximate surface area is 118 Å². The Kier molecular flexibility index (Phi) is 4.03. The zero-order valence-electron chi connectivity index (χ0n) is 11.7. The lowest BCUT2D eigenvalue weighted by molar-refractivity contribution is -0.132. The molecule has 3 heterocycles. The molecule has 20 heavy (non-hydrogen) atoms. The van der Waals surface area contributed by atoms with Crippen LogP contribution in [0.3, 0.4) is 0 Å². The van der Waals surface area contributed by atoms with Gasteiger partial charge in [-0.1, -0.05) is 0 Å². The van der Waals surface area contributed by atoms with Crippen molar-refractivity contribution in [3.05, 3.63) is 18.5 Å². The molecule has 110 valence electrons. The Morgan fingerprint density at radius 3 is 3.00 bits per heavy atom. The van der Waals surface area contributed by atoms with Crippen LogP contribution < -0.4 is 10.6 Å². The number of carbonyl (C=O) groups is 1. The molecule has 0 aromatic carbocycles. The number of hydrogen-bond donors (Lipinski definition) is 2. The number of ether oxygens (including phenoxy) is 1. The van der Waals surface area contributed by atoms with Crippen molar-refractivity contribution in [2.45, 2.75) is 37.3 Å². The van der Waals surface area contributed by atoms with Crippen LogP contribution in [0.1, 0.15) is 25.7 Å². The molecule has 2 aliphatic rings. The van der Waals surface area contributed by atoms with Gasteiger partial charge in [0, 0.05) is 25.5 Å². The minimum Gasteiger partial charge on any atom is -0.376 e. The Morgan fingerprint density at radius 2 is 2.35 bits per heavy atom. The molecule has 1 atom stereocenters. The van der Waals surface area contributed by atoms with Gasteiger partial charge in [0.1, 0.15) is 5.54 Å². The SMILES string of the molecule is O=C(NCC1CCCO1)C1(n2cccn2)CCNCC1. The van der Waals surface area contributed by atoms with Crippen LogP contribution in [0.25, 0.3) is 0 Å². The lowest BCUT2D eigenvalue weighted by atomic mass is 9.87. The minimum absolute atomic E-state index is 0.0678. The number of carbonyl (C=O) groups excluding carboxylic acids is 1. The first kappa shape index (κ1) is 13.6. The second-order valence-corrected chi connectivity index (χ2v) is 5.58. The highest BCUT2D eigenvalue weighted by atomic mass is 16.5. The molecule has 0 spiro atoms. The van der Waals surface area contributed by atoms with Gasteiger partial charge in [-0.25, -0.2) is 0 Å². The average Bonchev–Trinajstić information content (AvgIpc) is 3.18. The van der Waals surface area contributed by atoms with E-state index in [9.17, 15) is 4.79 Å². The number of amides is 1. The number of rotatable bonds is 4. The predicted molar refractivity (Wildman–Crippen MR) is 74.3 cm³/mol. The predicted octanol–water partition coefficient (Wildman–Crippen LogP) is 0.257. The first-order valence-corrected chi connectivity index (χ1v) is 7.42. The number of piperidine rings is 1. The van der Waals surface area contributed by atoms with Crippen molar-refractivity contribution in [3.63, 3.8) is 0 Å². The summed E-state index contributed by atoms with van der Waals surface area (Å²) in [5.74, 6) is 0.0678. The Hall–Kier alpha value is -1.40. The molecule has 0 radical (unpaired) electrons. The molecule has 1 unspecified atom stereocenters. The quantitative estimate of drug-likeness (QED) is 0.829. The maximum absolute atomic E-state index is 12.7. The van der Waals surface area contributed by atoms with Crippen LogP contribution in [0.4, 0.5) is 0 Å². The molecule has 6 nitrogen and oxygen atoms in total. The van der Waals surface area contributed by atoms with E-state index in [1.807, 2.05) is 16.9 Å². The van der Waals surface area contributed by atoms with Gasteiger partial charge in [0.15, 0.2) is 0 Å². The summed E-state index contributed by atoms with van der Waals surface area (Å²) in [6.07, 6.45) is 7.47. The Morgan fingerprint density at radius 1 is 1.50 bits per heavy atom. The van der Waals surface area contributed by atoms with E-state index < -0.39 is 5.54 Å². The summed E-state index contributed by atoms with van der Waals surface area (Å²) < 4.78 is 7.38. The zero-order valence-corrected chi connectivity index (χ0v) is 11.7. The third-order valence-corrected chi connectivity index (χ3v) is 4.31. The summed E-state index contributed by atoms with van der Waals surface area (Å²) in [6.45, 7) is 3.10. The summed E-state index contributed by atoms with van der Waals surface area (Å²) in [5, 5.41) is 10.7. The molecule has 2 saturated heterocycles. The summed E-state index contributed by atoms with van der Waals surface area (Å²) >= 11 is 0. The van der Waals surface area contributed by atoms with Crippen molar-refractivity contribution in [1.82, 2.24) is 20.4 Å². The molecule has 1 aromatic rings. The number of hydrogen-bond acceptors (Lipinski definition) is 4. The van der Waals surface area contributed by atoms with Crippen LogP contribution in [0.15, 0.2) is 18.5 Å². The van der Waals surface area contributed by atoms with Crippen LogP contribution in [-0.4, -0.2) is 48.0 Å². The number of nitrogens with one attached hydrogen (secondary N) is 2. The van der Waals surface area contributed by atoms with Crippen molar-refractivity contribution in [2.24, 2.45) is 0 Å². The van der Waals surface area contributed by atoms with Crippen molar-refractivity contribution in [1.29, 1.82) is 0 Å². The third kappa shape index (κ3) is 2.58. The average molecular weight is 278 g/mol. The van der Waals surface area contributed by atoms with E-state index >= 15 is 0 Å². The van der Waals surface area contributed by atoms with E-state index in [4.69, 9.17) is 4.74 Å². The first-order valence-electron chi connectivity index (χ1n) is 7.42. The van der Waals surface area contributed by atoms with E-state index in [-0.39, 0.29) is 12.0 Å². The molecular formula is C14H22N4O2. The molecule has 0 saturated carbocycles. The third-order valence-electron chi connectivity index (χ3n) is 4.31. The highest BCUT2D eigenvalue weighted by Gasteiger charge is 2.42. The van der Waals surface area contributed by atoms with Crippen LogP contribution in [-0.2, 0) is 15.1 Å². The molecule has 1 aromatic heterocycles. The van der Waals surface area contributed by atoms with Gasteiger partial charge in [0.2, 0.25) is 5.91 Å². The fourth-order valence-electron chi connectivity index (χ4n) is 3.10. The van der Waals surface area contributed by atoms with E-state index in [2.05, 4.69) is 15.7 Å². The molecule has 2 fully saturated rings. The van der Waals surface area contributed by atoms with Crippen LogP contribution in [0.5, 0.6) is 0 Å². The molecule has 2 N–H and O–H groups in total. The fraction of sp³-hybridized carbons (Fsp3) is 0.714. The lowest BCUT2D eigenvalue weighted by Gasteiger charge is -2.36. The van der Waals surface area contributed by atoms with Crippen LogP contribution in [0.2, 0.25) is 0 Å². The van der Waals surface area contributed by atoms with Crippen molar-refractivity contribution < 1.29 is 9.53 Å². The van der Waals surface area contributed by atoms with E-state index in [1.54, 1.807) is 6.20 Å². The van der Waals surface area contributed by atoms with Crippen LogP contribution >= 0.6 is 0 Å². The van der Waals surface area contributed by atoms with E-state index in [1.165, 1.54) is 0 Å². The topological polar surface area (TPSA) is 68.2 Å². The van der Waals surface area contributed by atoms with Gasteiger partial charge >= 0.3 is 0 Å².